The van der Waals surface area contributed by atoms with E-state index in [1.54, 1.807) is 0 Å². The molecular weight excluding hydrogens is 301 g/mol. The second kappa shape index (κ2) is 6.15. The van der Waals surface area contributed by atoms with Crippen LogP contribution in [0.4, 0.5) is 22.0 Å². The number of rotatable bonds is 5. The fourth-order valence-corrected chi connectivity index (χ4v) is 1.41. The van der Waals surface area contributed by atoms with Crippen LogP contribution < -0.4 is 14.8 Å². The number of benzene rings is 1. The normalized spacial score (nSPS) is 12.0. The van der Waals surface area contributed by atoms with E-state index in [9.17, 15) is 26.7 Å². The van der Waals surface area contributed by atoms with E-state index >= 15 is 0 Å². The Morgan fingerprint density at radius 1 is 1.14 bits per heavy atom. The topological polar surface area (TPSA) is 47.6 Å². The molecule has 1 aromatic carbocycles. The molecule has 0 aliphatic carbocycles. The average Bonchev–Trinajstić information content (AvgIpc) is 2.43. The van der Waals surface area contributed by atoms with Gasteiger partial charge in [0.15, 0.2) is 0 Å². The van der Waals surface area contributed by atoms with Crippen molar-refractivity contribution in [3.8, 4) is 11.5 Å². The van der Waals surface area contributed by atoms with Gasteiger partial charge in [0.1, 0.15) is 11.5 Å². The molecule has 0 saturated carbocycles. The van der Waals surface area contributed by atoms with Gasteiger partial charge in [-0.2, -0.15) is 22.0 Å². The lowest BCUT2D eigenvalue weighted by molar-refractivity contribution is -0.269. The van der Waals surface area contributed by atoms with Crippen molar-refractivity contribution in [2.24, 2.45) is 0 Å². The number of halogens is 5. The molecule has 0 saturated heterocycles. The van der Waals surface area contributed by atoms with E-state index in [0.717, 1.165) is 0 Å². The second-order valence-corrected chi connectivity index (χ2v) is 3.93. The van der Waals surface area contributed by atoms with E-state index in [1.807, 2.05) is 0 Å². The first-order valence-electron chi connectivity index (χ1n) is 5.57. The highest BCUT2D eigenvalue weighted by Crippen LogP contribution is 2.35. The van der Waals surface area contributed by atoms with Gasteiger partial charge in [-0.15, -0.1) is 0 Å². The molecule has 0 spiro atoms. The van der Waals surface area contributed by atoms with Crippen LogP contribution >= 0.6 is 0 Å². The van der Waals surface area contributed by atoms with Crippen LogP contribution in [0, 0.1) is 0 Å². The van der Waals surface area contributed by atoms with Gasteiger partial charge in [-0.05, 0) is 12.1 Å². The van der Waals surface area contributed by atoms with Crippen LogP contribution in [0.15, 0.2) is 18.2 Å². The molecule has 0 radical (unpaired) electrons. The minimum Gasteiger partial charge on any atom is -0.497 e. The standard InChI is InChI=1S/C12H12F5NO3/c1-20-8-4-3-7(9(5-8)21-2)6-18-10(19)11(13,14)12(15,16)17/h3-5H,6H2,1-2H3,(H,18,19). The average molecular weight is 313 g/mol. The number of carbonyl (C=O) groups excluding carboxylic acids is 1. The molecule has 1 N–H and O–H groups in total. The van der Waals surface area contributed by atoms with Gasteiger partial charge < -0.3 is 14.8 Å². The Bertz CT molecular complexity index is 516. The minimum atomic E-state index is -5.94. The summed E-state index contributed by atoms with van der Waals surface area (Å²) >= 11 is 0. The largest absolute Gasteiger partial charge is 0.497 e. The van der Waals surface area contributed by atoms with Gasteiger partial charge in [0.2, 0.25) is 0 Å². The third-order valence-electron chi connectivity index (χ3n) is 2.57. The molecule has 1 aromatic rings. The second-order valence-electron chi connectivity index (χ2n) is 3.93. The van der Waals surface area contributed by atoms with Gasteiger partial charge in [-0.3, -0.25) is 4.79 Å². The van der Waals surface area contributed by atoms with E-state index in [0.29, 0.717) is 5.75 Å². The van der Waals surface area contributed by atoms with E-state index in [4.69, 9.17) is 9.47 Å². The third kappa shape index (κ3) is 3.73. The first-order chi connectivity index (χ1) is 9.63. The molecule has 0 aromatic heterocycles. The molecule has 9 heteroatoms. The lowest BCUT2D eigenvalue weighted by Gasteiger charge is -2.19. The number of alkyl halides is 5. The number of hydrogen-bond acceptors (Lipinski definition) is 3. The summed E-state index contributed by atoms with van der Waals surface area (Å²) in [6.07, 6.45) is -5.94. The number of amides is 1. The Labute approximate surface area is 116 Å². The van der Waals surface area contributed by atoms with Crippen molar-refractivity contribution in [1.82, 2.24) is 5.32 Å². The molecule has 21 heavy (non-hydrogen) atoms. The van der Waals surface area contributed by atoms with E-state index in [1.165, 1.54) is 37.7 Å². The van der Waals surface area contributed by atoms with E-state index in [2.05, 4.69) is 0 Å². The van der Waals surface area contributed by atoms with E-state index < -0.39 is 24.6 Å². The van der Waals surface area contributed by atoms with Crippen LogP contribution in [0.5, 0.6) is 11.5 Å². The summed E-state index contributed by atoms with van der Waals surface area (Å²) in [6.45, 7) is -0.544. The summed E-state index contributed by atoms with van der Waals surface area (Å²) < 4.78 is 71.3. The molecule has 0 aliphatic heterocycles. The van der Waals surface area contributed by atoms with Gasteiger partial charge in [0.25, 0.3) is 0 Å². The fourth-order valence-electron chi connectivity index (χ4n) is 1.41. The van der Waals surface area contributed by atoms with Gasteiger partial charge in [-0.1, -0.05) is 0 Å². The Kier molecular flexibility index (Phi) is 4.97. The van der Waals surface area contributed by atoms with Crippen molar-refractivity contribution < 1.29 is 36.2 Å². The summed E-state index contributed by atoms with van der Waals surface area (Å²) in [7, 11) is 2.67. The third-order valence-corrected chi connectivity index (χ3v) is 2.57. The highest BCUT2D eigenvalue weighted by atomic mass is 19.4. The molecule has 0 fully saturated rings. The van der Waals surface area contributed by atoms with Crippen LogP contribution in [-0.4, -0.2) is 32.2 Å². The van der Waals surface area contributed by atoms with Gasteiger partial charge in [0, 0.05) is 18.2 Å². The van der Waals surface area contributed by atoms with Crippen LogP contribution in [-0.2, 0) is 11.3 Å². The zero-order valence-electron chi connectivity index (χ0n) is 11.1. The number of hydrogen-bond donors (Lipinski definition) is 1. The summed E-state index contributed by atoms with van der Waals surface area (Å²) in [5.41, 5.74) is 0.227. The van der Waals surface area contributed by atoms with Gasteiger partial charge in [-0.25, -0.2) is 0 Å². The van der Waals surface area contributed by atoms with Crippen molar-refractivity contribution >= 4 is 5.91 Å². The van der Waals surface area contributed by atoms with Crippen molar-refractivity contribution in [2.75, 3.05) is 14.2 Å². The monoisotopic (exact) mass is 313 g/mol. The maximum absolute atomic E-state index is 12.7. The Morgan fingerprint density at radius 2 is 1.76 bits per heavy atom. The maximum Gasteiger partial charge on any atom is 0.463 e. The molecule has 0 aliphatic rings. The number of nitrogens with one attached hydrogen (secondary N) is 1. The Morgan fingerprint density at radius 3 is 2.24 bits per heavy atom. The molecule has 0 unspecified atom stereocenters. The molecule has 0 atom stereocenters. The molecule has 118 valence electrons. The first kappa shape index (κ1) is 17.0. The first-order valence-corrected chi connectivity index (χ1v) is 5.57. The van der Waals surface area contributed by atoms with Crippen LogP contribution in [0.25, 0.3) is 0 Å². The number of methoxy groups -OCH3 is 2. The molecule has 0 heterocycles. The molecule has 1 rings (SSSR count). The predicted molar refractivity (Wildman–Crippen MR) is 62.4 cm³/mol. The van der Waals surface area contributed by atoms with Crippen LogP contribution in [0.1, 0.15) is 5.56 Å². The SMILES string of the molecule is COc1ccc(CNC(=O)C(F)(F)C(F)(F)F)c(OC)c1. The van der Waals surface area contributed by atoms with Crippen molar-refractivity contribution in [2.45, 2.75) is 18.6 Å². The quantitative estimate of drug-likeness (QED) is 0.850. The minimum absolute atomic E-state index is 0.185. The van der Waals surface area contributed by atoms with Crippen LogP contribution in [0.3, 0.4) is 0 Å². The van der Waals surface area contributed by atoms with Gasteiger partial charge >= 0.3 is 18.0 Å². The molecule has 4 nitrogen and oxygen atoms in total. The lowest BCUT2D eigenvalue weighted by Crippen LogP contribution is -2.50. The zero-order chi connectivity index (χ0) is 16.3. The van der Waals surface area contributed by atoms with E-state index in [-0.39, 0.29) is 11.3 Å². The number of carbonyl (C=O) groups is 1. The van der Waals surface area contributed by atoms with Crippen molar-refractivity contribution in [3.05, 3.63) is 23.8 Å². The highest BCUT2D eigenvalue weighted by molar-refractivity contribution is 5.84. The summed E-state index contributed by atoms with van der Waals surface area (Å²) in [5.74, 6) is -7.28. The fraction of sp³-hybridized carbons (Fsp3) is 0.417. The lowest BCUT2D eigenvalue weighted by atomic mass is 10.2. The summed E-state index contributed by atoms with van der Waals surface area (Å²) in [5, 5.41) is 1.53. The number of ether oxygens (including phenoxy) is 2. The Hall–Kier alpha value is -2.06. The summed E-state index contributed by atoms with van der Waals surface area (Å²) in [6, 6.07) is 4.24. The molecule has 0 bridgehead atoms. The maximum atomic E-state index is 12.7. The zero-order valence-corrected chi connectivity index (χ0v) is 11.1. The molecule has 1 amide bonds. The van der Waals surface area contributed by atoms with Crippen LogP contribution in [0.2, 0.25) is 0 Å². The smallest absolute Gasteiger partial charge is 0.463 e. The summed E-state index contributed by atoms with van der Waals surface area (Å²) in [4.78, 5) is 11.0. The van der Waals surface area contributed by atoms with Gasteiger partial charge in [0.05, 0.1) is 14.2 Å². The Balaban J connectivity index is 2.82. The predicted octanol–water partition coefficient (Wildman–Crippen LogP) is 2.52. The van der Waals surface area contributed by atoms with Crippen molar-refractivity contribution in [1.29, 1.82) is 0 Å². The van der Waals surface area contributed by atoms with Crippen molar-refractivity contribution in [3.63, 3.8) is 0 Å². The molecular formula is C12H12F5NO3. The highest BCUT2D eigenvalue weighted by Gasteiger charge is 2.63.